The highest BCUT2D eigenvalue weighted by Crippen LogP contribution is 2.28. The van der Waals surface area contributed by atoms with Crippen LogP contribution in [0.3, 0.4) is 0 Å². The smallest absolute Gasteiger partial charge is 0.157 e. The highest BCUT2D eigenvalue weighted by molar-refractivity contribution is 7.92. The topological polar surface area (TPSA) is 58.2 Å². The van der Waals surface area contributed by atoms with Crippen molar-refractivity contribution < 1.29 is 8.42 Å². The summed E-state index contributed by atoms with van der Waals surface area (Å²) in [6.07, 6.45) is 1.45. The van der Waals surface area contributed by atoms with Crippen LogP contribution in [0.15, 0.2) is 0 Å². The van der Waals surface area contributed by atoms with Gasteiger partial charge in [0.1, 0.15) is 0 Å². The molecule has 1 aliphatic heterocycles. The summed E-state index contributed by atoms with van der Waals surface area (Å²) < 4.78 is 23.5. The molecule has 0 atom stereocenters. The van der Waals surface area contributed by atoms with Crippen LogP contribution in [0.5, 0.6) is 0 Å². The zero-order valence-electron chi connectivity index (χ0n) is 8.97. The summed E-state index contributed by atoms with van der Waals surface area (Å²) in [7, 11) is -1.13. The van der Waals surface area contributed by atoms with Crippen molar-refractivity contribution in [2.45, 2.75) is 24.5 Å². The van der Waals surface area contributed by atoms with E-state index in [0.717, 1.165) is 25.9 Å². The van der Waals surface area contributed by atoms with E-state index in [4.69, 9.17) is 0 Å². The third-order valence-corrected chi connectivity index (χ3v) is 5.69. The van der Waals surface area contributed by atoms with Crippen LogP contribution in [0.1, 0.15) is 19.8 Å². The van der Waals surface area contributed by atoms with Crippen molar-refractivity contribution >= 4 is 9.84 Å². The lowest BCUT2D eigenvalue weighted by atomic mass is 9.97. The van der Waals surface area contributed by atoms with Crippen LogP contribution in [0.2, 0.25) is 0 Å². The van der Waals surface area contributed by atoms with Crippen LogP contribution in [0.25, 0.3) is 0 Å². The van der Waals surface area contributed by atoms with Gasteiger partial charge in [-0.05, 0) is 33.0 Å². The lowest BCUT2D eigenvalue weighted by Gasteiger charge is -2.36. The summed E-state index contributed by atoms with van der Waals surface area (Å²) in [5, 5.41) is 6.21. The van der Waals surface area contributed by atoms with Crippen molar-refractivity contribution in [1.29, 1.82) is 0 Å². The molecule has 1 rings (SSSR count). The molecule has 0 spiro atoms. The molecule has 0 radical (unpaired) electrons. The minimum absolute atomic E-state index is 0.245. The average Bonchev–Trinajstić information content (AvgIpc) is 2.19. The molecular formula is C9H20N2O2S. The monoisotopic (exact) mass is 220 g/mol. The van der Waals surface area contributed by atoms with Crippen LogP contribution in [-0.2, 0) is 9.84 Å². The number of hydrogen-bond acceptors (Lipinski definition) is 4. The maximum absolute atomic E-state index is 12.0. The van der Waals surface area contributed by atoms with Gasteiger partial charge in [-0.1, -0.05) is 6.92 Å². The van der Waals surface area contributed by atoms with Gasteiger partial charge in [0.25, 0.3) is 0 Å². The Hall–Kier alpha value is -0.130. The van der Waals surface area contributed by atoms with Crippen LogP contribution in [-0.4, -0.2) is 45.6 Å². The molecule has 0 aliphatic carbocycles. The van der Waals surface area contributed by atoms with Crippen LogP contribution >= 0.6 is 0 Å². The van der Waals surface area contributed by atoms with Gasteiger partial charge in [-0.15, -0.1) is 0 Å². The highest BCUT2D eigenvalue weighted by atomic mass is 32.2. The van der Waals surface area contributed by atoms with Crippen molar-refractivity contribution in [3.8, 4) is 0 Å². The molecule has 5 heteroatoms. The van der Waals surface area contributed by atoms with E-state index in [0.29, 0.717) is 6.54 Å². The van der Waals surface area contributed by atoms with E-state index in [1.54, 1.807) is 6.92 Å². The van der Waals surface area contributed by atoms with E-state index in [2.05, 4.69) is 10.6 Å². The normalized spacial score (nSPS) is 22.1. The van der Waals surface area contributed by atoms with Crippen molar-refractivity contribution in [1.82, 2.24) is 10.6 Å². The van der Waals surface area contributed by atoms with Crippen molar-refractivity contribution in [3.63, 3.8) is 0 Å². The van der Waals surface area contributed by atoms with E-state index in [-0.39, 0.29) is 5.75 Å². The summed E-state index contributed by atoms with van der Waals surface area (Å²) in [5.41, 5.74) is 0. The SMILES string of the molecule is CCS(=O)(=O)C1(CNC)CCNCC1. The molecule has 2 N–H and O–H groups in total. The van der Waals surface area contributed by atoms with Gasteiger partial charge < -0.3 is 10.6 Å². The zero-order valence-corrected chi connectivity index (χ0v) is 9.78. The number of hydrogen-bond donors (Lipinski definition) is 2. The van der Waals surface area contributed by atoms with Gasteiger partial charge in [0.05, 0.1) is 4.75 Å². The zero-order chi connectivity index (χ0) is 10.7. The van der Waals surface area contributed by atoms with E-state index in [9.17, 15) is 8.42 Å². The van der Waals surface area contributed by atoms with E-state index in [1.165, 1.54) is 0 Å². The molecule has 0 amide bonds. The molecule has 1 fully saturated rings. The third-order valence-electron chi connectivity index (χ3n) is 3.05. The van der Waals surface area contributed by atoms with Crippen LogP contribution in [0, 0.1) is 0 Å². The minimum Gasteiger partial charge on any atom is -0.318 e. The third kappa shape index (κ3) is 2.10. The molecule has 4 nitrogen and oxygen atoms in total. The first-order chi connectivity index (χ1) is 6.58. The number of nitrogens with one attached hydrogen (secondary N) is 2. The highest BCUT2D eigenvalue weighted by Gasteiger charge is 2.42. The predicted octanol–water partition coefficient (Wildman–Crippen LogP) is -0.237. The molecule has 0 unspecified atom stereocenters. The molecule has 0 aromatic carbocycles. The van der Waals surface area contributed by atoms with Gasteiger partial charge in [0.2, 0.25) is 0 Å². The first kappa shape index (κ1) is 11.9. The quantitative estimate of drug-likeness (QED) is 0.687. The van der Waals surface area contributed by atoms with E-state index >= 15 is 0 Å². The van der Waals surface area contributed by atoms with Gasteiger partial charge in [0, 0.05) is 12.3 Å². The molecule has 0 bridgehead atoms. The molecule has 0 aromatic heterocycles. The number of piperidine rings is 1. The minimum atomic E-state index is -2.95. The fourth-order valence-corrected chi connectivity index (χ4v) is 3.91. The van der Waals surface area contributed by atoms with Gasteiger partial charge in [-0.25, -0.2) is 8.42 Å². The van der Waals surface area contributed by atoms with Crippen LogP contribution in [0.4, 0.5) is 0 Å². The Kier molecular flexibility index (Phi) is 3.92. The second-order valence-corrected chi connectivity index (χ2v) is 6.54. The first-order valence-electron chi connectivity index (χ1n) is 5.15. The molecule has 1 aliphatic rings. The fraction of sp³-hybridized carbons (Fsp3) is 1.00. The first-order valence-corrected chi connectivity index (χ1v) is 6.81. The second kappa shape index (κ2) is 4.59. The molecule has 1 saturated heterocycles. The molecule has 84 valence electrons. The maximum atomic E-state index is 12.0. The largest absolute Gasteiger partial charge is 0.318 e. The van der Waals surface area contributed by atoms with Crippen LogP contribution < -0.4 is 10.6 Å². The molecule has 1 heterocycles. The van der Waals surface area contributed by atoms with Gasteiger partial charge in [0.15, 0.2) is 9.84 Å². The van der Waals surface area contributed by atoms with Gasteiger partial charge in [-0.3, -0.25) is 0 Å². The van der Waals surface area contributed by atoms with Gasteiger partial charge in [-0.2, -0.15) is 0 Å². The maximum Gasteiger partial charge on any atom is 0.157 e. The number of sulfone groups is 1. The second-order valence-electron chi connectivity index (χ2n) is 3.87. The predicted molar refractivity (Wildman–Crippen MR) is 58.2 cm³/mol. The number of rotatable bonds is 4. The summed E-state index contributed by atoms with van der Waals surface area (Å²) in [5.74, 6) is 0.245. The Morgan fingerprint density at radius 1 is 1.36 bits per heavy atom. The molecule has 14 heavy (non-hydrogen) atoms. The molecule has 0 saturated carbocycles. The van der Waals surface area contributed by atoms with E-state index < -0.39 is 14.6 Å². The lowest BCUT2D eigenvalue weighted by Crippen LogP contribution is -2.53. The Morgan fingerprint density at radius 2 is 1.93 bits per heavy atom. The van der Waals surface area contributed by atoms with Gasteiger partial charge >= 0.3 is 0 Å². The lowest BCUT2D eigenvalue weighted by molar-refractivity contribution is 0.377. The fourth-order valence-electron chi connectivity index (χ4n) is 2.11. The Labute approximate surface area is 86.4 Å². The standard InChI is InChI=1S/C9H20N2O2S/c1-3-14(12,13)9(8-10-2)4-6-11-7-5-9/h10-11H,3-8H2,1-2H3. The summed E-state index contributed by atoms with van der Waals surface area (Å²) in [6.45, 7) is 3.92. The summed E-state index contributed by atoms with van der Waals surface area (Å²) >= 11 is 0. The summed E-state index contributed by atoms with van der Waals surface area (Å²) in [4.78, 5) is 0. The average molecular weight is 220 g/mol. The van der Waals surface area contributed by atoms with Crippen molar-refractivity contribution in [3.05, 3.63) is 0 Å². The Balaban J connectivity index is 2.91. The van der Waals surface area contributed by atoms with E-state index in [1.807, 2.05) is 7.05 Å². The molecule has 0 aromatic rings. The van der Waals surface area contributed by atoms with Crippen molar-refractivity contribution in [2.24, 2.45) is 0 Å². The Morgan fingerprint density at radius 3 is 2.36 bits per heavy atom. The van der Waals surface area contributed by atoms with Crippen molar-refractivity contribution in [2.75, 3.05) is 32.4 Å². The Bertz CT molecular complexity index is 263. The summed E-state index contributed by atoms with van der Waals surface area (Å²) in [6, 6.07) is 0. The molecular weight excluding hydrogens is 200 g/mol.